The number of amides is 1. The van der Waals surface area contributed by atoms with Crippen LogP contribution in [0.4, 0.5) is 0 Å². The van der Waals surface area contributed by atoms with Gasteiger partial charge in [0.2, 0.25) is 0 Å². The Hall–Kier alpha value is -1.88. The van der Waals surface area contributed by atoms with Crippen molar-refractivity contribution in [2.45, 2.75) is 38.7 Å². The lowest BCUT2D eigenvalue weighted by Crippen LogP contribution is -2.52. The normalized spacial score (nSPS) is 16.7. The fourth-order valence-corrected chi connectivity index (χ4v) is 1.97. The first-order chi connectivity index (χ1) is 9.87. The molecule has 0 aliphatic carbocycles. The Labute approximate surface area is 125 Å². The van der Waals surface area contributed by atoms with Crippen LogP contribution in [-0.4, -0.2) is 35.6 Å². The van der Waals surface area contributed by atoms with E-state index in [1.54, 1.807) is 50.0 Å². The van der Waals surface area contributed by atoms with Crippen LogP contribution in [0.15, 0.2) is 24.3 Å². The Morgan fingerprint density at radius 2 is 2.05 bits per heavy atom. The fourth-order valence-electron chi connectivity index (χ4n) is 1.97. The molecule has 2 rings (SSSR count). The number of nitrogens with zero attached hydrogens (tertiary/aromatic N) is 1. The number of esters is 1. The van der Waals surface area contributed by atoms with Gasteiger partial charge in [0, 0.05) is 13.1 Å². The first-order valence-corrected chi connectivity index (χ1v) is 7.12. The maximum Gasteiger partial charge on any atom is 0.323 e. The minimum absolute atomic E-state index is 0.369. The maximum absolute atomic E-state index is 12.4. The molecule has 1 aromatic rings. The van der Waals surface area contributed by atoms with E-state index in [4.69, 9.17) is 4.74 Å². The zero-order valence-corrected chi connectivity index (χ0v) is 12.7. The molecule has 1 amide bonds. The topological polar surface area (TPSA) is 58.6 Å². The smallest absolute Gasteiger partial charge is 0.323 e. The molecule has 0 spiro atoms. The van der Waals surface area contributed by atoms with Gasteiger partial charge in [-0.25, -0.2) is 5.01 Å². The van der Waals surface area contributed by atoms with Crippen LogP contribution < -0.4 is 5.43 Å². The highest BCUT2D eigenvalue weighted by Gasteiger charge is 2.34. The molecule has 0 aromatic heterocycles. The molecule has 1 heterocycles. The molecule has 5 nitrogen and oxygen atoms in total. The summed E-state index contributed by atoms with van der Waals surface area (Å²) in [7, 11) is 0. The van der Waals surface area contributed by atoms with Gasteiger partial charge in [-0.3, -0.25) is 15.0 Å². The number of hydrazine groups is 1. The molecule has 0 saturated carbocycles. The maximum atomic E-state index is 12.4. The highest BCUT2D eigenvalue weighted by atomic mass is 16.6. The van der Waals surface area contributed by atoms with Crippen molar-refractivity contribution in [1.82, 2.24) is 10.4 Å². The molecule has 21 heavy (non-hydrogen) atoms. The Morgan fingerprint density at radius 3 is 2.52 bits per heavy atom. The third kappa shape index (κ3) is 4.29. The molecule has 1 unspecified atom stereocenters. The molecular formula is C16H21N2O3. The van der Waals surface area contributed by atoms with Crippen LogP contribution in [0, 0.1) is 6.07 Å². The second-order valence-corrected chi connectivity index (χ2v) is 6.10. The molecule has 1 fully saturated rings. The molecule has 1 aliphatic rings. The Morgan fingerprint density at radius 1 is 1.33 bits per heavy atom. The van der Waals surface area contributed by atoms with Crippen molar-refractivity contribution >= 4 is 11.9 Å². The van der Waals surface area contributed by atoms with Crippen LogP contribution >= 0.6 is 0 Å². The van der Waals surface area contributed by atoms with Gasteiger partial charge in [-0.15, -0.1) is 0 Å². The van der Waals surface area contributed by atoms with E-state index >= 15 is 0 Å². The van der Waals surface area contributed by atoms with Crippen molar-refractivity contribution in [2.24, 2.45) is 0 Å². The van der Waals surface area contributed by atoms with E-state index in [9.17, 15) is 9.59 Å². The average Bonchev–Trinajstić information content (AvgIpc) is 2.33. The van der Waals surface area contributed by atoms with Crippen molar-refractivity contribution < 1.29 is 14.3 Å². The van der Waals surface area contributed by atoms with Gasteiger partial charge in [0.25, 0.3) is 5.91 Å². The van der Waals surface area contributed by atoms with E-state index < -0.39 is 17.5 Å². The average molecular weight is 289 g/mol. The van der Waals surface area contributed by atoms with Crippen LogP contribution in [0.25, 0.3) is 0 Å². The molecule has 1 aromatic carbocycles. The molecule has 1 N–H and O–H groups in total. The molecular weight excluding hydrogens is 268 g/mol. The lowest BCUT2D eigenvalue weighted by molar-refractivity contribution is -0.159. The number of hydrogen-bond donors (Lipinski definition) is 1. The lowest BCUT2D eigenvalue weighted by atomic mass is 9.98. The number of rotatable bonds is 4. The largest absolute Gasteiger partial charge is 0.459 e. The van der Waals surface area contributed by atoms with E-state index in [0.29, 0.717) is 5.56 Å². The van der Waals surface area contributed by atoms with Crippen molar-refractivity contribution in [3.05, 3.63) is 35.9 Å². The van der Waals surface area contributed by atoms with Gasteiger partial charge in [-0.2, -0.15) is 0 Å². The Bertz CT molecular complexity index is 504. The predicted molar refractivity (Wildman–Crippen MR) is 78.2 cm³/mol. The zero-order chi connectivity index (χ0) is 15.5. The van der Waals surface area contributed by atoms with Crippen LogP contribution in [0.3, 0.4) is 0 Å². The van der Waals surface area contributed by atoms with Gasteiger partial charge in [-0.05, 0) is 38.8 Å². The quantitative estimate of drug-likeness (QED) is 0.676. The van der Waals surface area contributed by atoms with Gasteiger partial charge in [-0.1, -0.05) is 24.3 Å². The third-order valence-electron chi connectivity index (χ3n) is 3.07. The van der Waals surface area contributed by atoms with E-state index in [1.165, 1.54) is 0 Å². The molecule has 1 radical (unpaired) electrons. The number of ether oxygens (including phenoxy) is 1. The highest BCUT2D eigenvalue weighted by Crippen LogP contribution is 2.21. The lowest BCUT2D eigenvalue weighted by Gasteiger charge is -2.32. The van der Waals surface area contributed by atoms with Crippen molar-refractivity contribution in [1.29, 1.82) is 0 Å². The van der Waals surface area contributed by atoms with Gasteiger partial charge < -0.3 is 4.74 Å². The van der Waals surface area contributed by atoms with Gasteiger partial charge >= 0.3 is 5.97 Å². The number of benzene rings is 1. The summed E-state index contributed by atoms with van der Waals surface area (Å²) in [5, 5.41) is 1.79. The van der Waals surface area contributed by atoms with Crippen LogP contribution in [0.2, 0.25) is 0 Å². The molecule has 113 valence electrons. The summed E-state index contributed by atoms with van der Waals surface area (Å²) in [5.41, 5.74) is 2.64. The number of hydrogen-bond acceptors (Lipinski definition) is 4. The summed E-state index contributed by atoms with van der Waals surface area (Å²) >= 11 is 0. The van der Waals surface area contributed by atoms with E-state index in [2.05, 4.69) is 11.5 Å². The monoisotopic (exact) mass is 289 g/mol. The van der Waals surface area contributed by atoms with Gasteiger partial charge in [0.15, 0.2) is 5.92 Å². The van der Waals surface area contributed by atoms with Crippen molar-refractivity contribution in [2.75, 3.05) is 13.1 Å². The summed E-state index contributed by atoms with van der Waals surface area (Å²) in [5.74, 6) is -1.92. The molecule has 5 heteroatoms. The third-order valence-corrected chi connectivity index (χ3v) is 3.07. The first-order valence-electron chi connectivity index (χ1n) is 7.12. The predicted octanol–water partition coefficient (Wildman–Crippen LogP) is 1.65. The van der Waals surface area contributed by atoms with Crippen molar-refractivity contribution in [3.63, 3.8) is 0 Å². The fraction of sp³-hybridized carbons (Fsp3) is 0.500. The summed E-state index contributed by atoms with van der Waals surface area (Å²) in [6.45, 7) is 6.97. The second kappa shape index (κ2) is 6.26. The molecule has 1 atom stereocenters. The minimum Gasteiger partial charge on any atom is -0.459 e. The first kappa shape index (κ1) is 15.5. The number of carbonyl (C=O) groups is 2. The minimum atomic E-state index is -0.994. The van der Waals surface area contributed by atoms with E-state index in [0.717, 1.165) is 19.5 Å². The standard InChI is InChI=1S/C16H21N2O3/c1-16(2,3)21-15(20)13(12-8-5-4-6-9-12)14(19)17-18-10-7-11-18/h4-6,8,13H,7,10-11H2,1-3H3,(H,17,19). The summed E-state index contributed by atoms with van der Waals surface area (Å²) < 4.78 is 5.37. The number of carbonyl (C=O) groups excluding carboxylic acids is 2. The number of nitrogens with one attached hydrogen (secondary N) is 1. The van der Waals surface area contributed by atoms with Gasteiger partial charge in [0.05, 0.1) is 0 Å². The zero-order valence-electron chi connectivity index (χ0n) is 12.7. The van der Waals surface area contributed by atoms with E-state index in [1.807, 2.05) is 0 Å². The molecule has 1 aliphatic heterocycles. The van der Waals surface area contributed by atoms with Crippen LogP contribution in [0.5, 0.6) is 0 Å². The molecule has 1 saturated heterocycles. The van der Waals surface area contributed by atoms with Crippen LogP contribution in [-0.2, 0) is 14.3 Å². The summed E-state index contributed by atoms with van der Waals surface area (Å²) in [6, 6.07) is 9.91. The van der Waals surface area contributed by atoms with Crippen LogP contribution in [0.1, 0.15) is 38.7 Å². The van der Waals surface area contributed by atoms with Crippen molar-refractivity contribution in [3.8, 4) is 0 Å². The second-order valence-electron chi connectivity index (χ2n) is 6.10. The molecule has 0 bridgehead atoms. The SMILES string of the molecule is CC(C)(C)OC(=O)C(C(=O)NN1CCC1)c1[c]cccc1. The highest BCUT2D eigenvalue weighted by molar-refractivity contribution is 6.03. The Balaban J connectivity index is 2.17. The summed E-state index contributed by atoms with van der Waals surface area (Å²) in [6.07, 6.45) is 1.05. The summed E-state index contributed by atoms with van der Waals surface area (Å²) in [4.78, 5) is 24.8. The van der Waals surface area contributed by atoms with Gasteiger partial charge in [0.1, 0.15) is 5.60 Å². The Kier molecular flexibility index (Phi) is 4.63. The van der Waals surface area contributed by atoms with E-state index in [-0.39, 0.29) is 5.91 Å².